The van der Waals surface area contributed by atoms with Crippen LogP contribution in [0.1, 0.15) is 10.6 Å². The molecule has 0 aliphatic carbocycles. The van der Waals surface area contributed by atoms with Crippen molar-refractivity contribution in [3.8, 4) is 11.3 Å². The predicted octanol–water partition coefficient (Wildman–Crippen LogP) is 4.85. The van der Waals surface area contributed by atoms with Crippen molar-refractivity contribution in [2.45, 2.75) is 13.8 Å². The number of aryl methyl sites for hydroxylation is 1. The van der Waals surface area contributed by atoms with E-state index in [-0.39, 0.29) is 0 Å². The summed E-state index contributed by atoms with van der Waals surface area (Å²) in [5.74, 6) is 0. The minimum absolute atomic E-state index is 0.808. The molecule has 0 saturated carbocycles. The molecule has 4 rings (SSSR count). The zero-order chi connectivity index (χ0) is 22.6. The molecular weight excluding hydrogens is 436 g/mol. The molecule has 0 atom stereocenters. The third-order valence-electron chi connectivity index (χ3n) is 4.72. The van der Waals surface area contributed by atoms with Crippen LogP contribution in [0.5, 0.6) is 0 Å². The van der Waals surface area contributed by atoms with E-state index in [1.165, 1.54) is 10.6 Å². The molecule has 0 unspecified atom stereocenters. The van der Waals surface area contributed by atoms with Gasteiger partial charge in [0.1, 0.15) is 11.4 Å². The van der Waals surface area contributed by atoms with Crippen molar-refractivity contribution < 1.29 is 21.7 Å². The maximum atomic E-state index is 9.22. The summed E-state index contributed by atoms with van der Waals surface area (Å²) in [5.41, 5.74) is 5.28. The van der Waals surface area contributed by atoms with Crippen LogP contribution in [0.15, 0.2) is 64.8 Å². The lowest BCUT2D eigenvalue weighted by molar-refractivity contribution is -0.660. The summed E-state index contributed by atoms with van der Waals surface area (Å²) in [6.45, 7) is 4.21. The van der Waals surface area contributed by atoms with Crippen molar-refractivity contribution in [1.82, 2.24) is 4.98 Å². The second kappa shape index (κ2) is 9.48. The summed E-state index contributed by atoms with van der Waals surface area (Å²) >= 11 is 1.66. The second-order valence-corrected chi connectivity index (χ2v) is 8.95. The zero-order valence-corrected chi connectivity index (χ0v) is 19.1. The lowest BCUT2D eigenvalue weighted by atomic mass is 10.1. The van der Waals surface area contributed by atoms with Crippen molar-refractivity contribution in [1.29, 1.82) is 0 Å². The van der Waals surface area contributed by atoms with E-state index in [9.17, 15) is 13.0 Å². The number of azo groups is 1. The van der Waals surface area contributed by atoms with Gasteiger partial charge in [-0.2, -0.15) is 0 Å². The number of H-pyrrole nitrogens is 1. The molecule has 0 aliphatic rings. The quantitative estimate of drug-likeness (QED) is 0.204. The molecule has 2 aromatic carbocycles. The lowest BCUT2D eigenvalue weighted by Crippen LogP contribution is -2.28. The molecule has 1 N–H and O–H groups in total. The monoisotopic (exact) mass is 458 g/mol. The number of nitrogens with zero attached hydrogens (tertiary/aromatic N) is 3. The number of rotatable bonds is 4. The Morgan fingerprint density at radius 1 is 1.03 bits per heavy atom. The van der Waals surface area contributed by atoms with E-state index in [2.05, 4.69) is 62.1 Å². The van der Waals surface area contributed by atoms with Crippen LogP contribution in [-0.2, 0) is 21.6 Å². The largest absolute Gasteiger partial charge is 0.726 e. The number of thiazole rings is 1. The summed E-state index contributed by atoms with van der Waals surface area (Å²) in [5, 5.41) is 11.2. The Hall–Kier alpha value is -2.92. The van der Waals surface area contributed by atoms with Crippen LogP contribution < -0.4 is 4.57 Å². The molecule has 31 heavy (non-hydrogen) atoms. The first kappa shape index (κ1) is 22.8. The molecule has 0 saturated heterocycles. The smallest absolute Gasteiger partial charge is 0.408 e. The molecule has 0 spiro atoms. The number of aromatic amines is 1. The topological polar surface area (TPSA) is 111 Å². The Bertz CT molecular complexity index is 1330. The number of hydrogen-bond donors (Lipinski definition) is 1. The molecule has 10 heteroatoms. The van der Waals surface area contributed by atoms with Gasteiger partial charge in [-0.3, -0.25) is 4.18 Å². The van der Waals surface area contributed by atoms with Crippen LogP contribution in [0, 0.1) is 13.8 Å². The number of benzene rings is 2. The second-order valence-electron chi connectivity index (χ2n) is 6.62. The Labute approximate surface area is 184 Å². The first-order chi connectivity index (χ1) is 14.7. The molecule has 0 amide bonds. The van der Waals surface area contributed by atoms with Crippen molar-refractivity contribution >= 4 is 43.5 Å². The molecule has 2 aromatic heterocycles. The van der Waals surface area contributed by atoms with E-state index in [0.717, 1.165) is 40.1 Å². The highest BCUT2D eigenvalue weighted by atomic mass is 32.3. The highest BCUT2D eigenvalue weighted by Crippen LogP contribution is 2.38. The van der Waals surface area contributed by atoms with E-state index in [0.29, 0.717) is 0 Å². The SMILES string of the molecule is COS(=O)(=O)[O-].Cc1sc(N=Nc2c(-c3ccccc3)[nH]c3ccccc23)[n+](C)c1C. The van der Waals surface area contributed by atoms with E-state index in [4.69, 9.17) is 0 Å². The molecule has 0 radical (unpaired) electrons. The first-order valence-corrected chi connectivity index (χ1v) is 11.4. The maximum Gasteiger partial charge on any atom is 0.408 e. The number of nitrogens with one attached hydrogen (secondary N) is 1. The fourth-order valence-electron chi connectivity index (χ4n) is 2.88. The highest BCUT2D eigenvalue weighted by molar-refractivity contribution is 7.80. The lowest BCUT2D eigenvalue weighted by Gasteiger charge is -1.98. The van der Waals surface area contributed by atoms with Gasteiger partial charge in [0.05, 0.1) is 29.8 Å². The minimum Gasteiger partial charge on any atom is -0.726 e. The van der Waals surface area contributed by atoms with Gasteiger partial charge in [0.25, 0.3) is 0 Å². The van der Waals surface area contributed by atoms with Gasteiger partial charge in [0.2, 0.25) is 10.4 Å². The third kappa shape index (κ3) is 5.42. The van der Waals surface area contributed by atoms with Gasteiger partial charge < -0.3 is 9.54 Å². The number of hydrogen-bond acceptors (Lipinski definition) is 7. The molecule has 0 bridgehead atoms. The van der Waals surface area contributed by atoms with Crippen molar-refractivity contribution in [3.05, 3.63) is 65.2 Å². The number of para-hydroxylation sites is 1. The van der Waals surface area contributed by atoms with E-state index in [1.54, 1.807) is 11.3 Å². The Morgan fingerprint density at radius 2 is 1.65 bits per heavy atom. The fourth-order valence-corrected chi connectivity index (χ4v) is 3.80. The van der Waals surface area contributed by atoms with Gasteiger partial charge in [-0.25, -0.2) is 13.0 Å². The highest BCUT2D eigenvalue weighted by Gasteiger charge is 2.18. The van der Waals surface area contributed by atoms with Gasteiger partial charge in [0.15, 0.2) is 0 Å². The molecule has 2 heterocycles. The minimum atomic E-state index is -4.41. The molecule has 0 fully saturated rings. The standard InChI is InChI=1S/C20H18N4S.CH4O4S/c1-13-14(2)25-20(24(13)3)23-22-19-16-11-7-8-12-17(16)21-18(19)15-9-5-4-6-10-15;1-5-6(2,3)4/h4-12H,1-3H3;1H3,(H,2,3,4). The fraction of sp³-hybridized carbons (Fsp3) is 0.190. The molecule has 8 nitrogen and oxygen atoms in total. The van der Waals surface area contributed by atoms with E-state index in [1.807, 2.05) is 37.4 Å². The predicted molar refractivity (Wildman–Crippen MR) is 120 cm³/mol. The normalized spacial score (nSPS) is 11.6. The van der Waals surface area contributed by atoms with Crippen molar-refractivity contribution in [2.75, 3.05) is 7.11 Å². The Morgan fingerprint density at radius 3 is 2.23 bits per heavy atom. The van der Waals surface area contributed by atoms with Gasteiger partial charge in [0, 0.05) is 16.5 Å². The van der Waals surface area contributed by atoms with Crippen LogP contribution in [0.25, 0.3) is 22.2 Å². The maximum absolute atomic E-state index is 9.22. The van der Waals surface area contributed by atoms with Gasteiger partial charge >= 0.3 is 5.13 Å². The van der Waals surface area contributed by atoms with Crippen LogP contribution in [0.2, 0.25) is 0 Å². The molecule has 0 aliphatic heterocycles. The first-order valence-electron chi connectivity index (χ1n) is 9.26. The molecule has 162 valence electrons. The third-order valence-corrected chi connectivity index (χ3v) is 6.27. The summed E-state index contributed by atoms with van der Waals surface area (Å²) in [6.07, 6.45) is 0. The average Bonchev–Trinajstić information content (AvgIpc) is 3.25. The van der Waals surface area contributed by atoms with E-state index < -0.39 is 10.4 Å². The van der Waals surface area contributed by atoms with Gasteiger partial charge in [-0.1, -0.05) is 48.5 Å². The Kier molecular flexibility index (Phi) is 6.96. The van der Waals surface area contributed by atoms with E-state index >= 15 is 0 Å². The van der Waals surface area contributed by atoms with Gasteiger partial charge in [-0.15, -0.1) is 0 Å². The van der Waals surface area contributed by atoms with Crippen LogP contribution in [0.4, 0.5) is 10.8 Å². The van der Waals surface area contributed by atoms with Crippen molar-refractivity contribution in [3.63, 3.8) is 0 Å². The van der Waals surface area contributed by atoms with Crippen LogP contribution in [0.3, 0.4) is 0 Å². The number of fused-ring (bicyclic) bond motifs is 1. The summed E-state index contributed by atoms with van der Waals surface area (Å²) < 4.78 is 33.1. The summed E-state index contributed by atoms with van der Waals surface area (Å²) in [4.78, 5) is 4.75. The van der Waals surface area contributed by atoms with Crippen molar-refractivity contribution in [2.24, 2.45) is 17.3 Å². The zero-order valence-electron chi connectivity index (χ0n) is 17.5. The molecular formula is C21H22N4O4S2. The van der Waals surface area contributed by atoms with Crippen LogP contribution in [-0.4, -0.2) is 25.1 Å². The molecule has 4 aromatic rings. The number of aromatic nitrogens is 2. The average molecular weight is 459 g/mol. The summed E-state index contributed by atoms with van der Waals surface area (Å²) in [6, 6.07) is 18.5. The summed E-state index contributed by atoms with van der Waals surface area (Å²) in [7, 11) is -1.58. The van der Waals surface area contributed by atoms with Gasteiger partial charge in [-0.05, 0) is 36.4 Å². The Balaban J connectivity index is 0.000000401. The van der Waals surface area contributed by atoms with Crippen LogP contribution >= 0.6 is 11.3 Å².